The van der Waals surface area contributed by atoms with Crippen LogP contribution in [0.5, 0.6) is 0 Å². The smallest absolute Gasteiger partial charge is 0.243 e. The van der Waals surface area contributed by atoms with Crippen LogP contribution in [0.15, 0.2) is 39.9 Å². The molecule has 1 aromatic carbocycles. The highest BCUT2D eigenvalue weighted by molar-refractivity contribution is 7.89. The van der Waals surface area contributed by atoms with Crippen molar-refractivity contribution >= 4 is 33.0 Å². The van der Waals surface area contributed by atoms with E-state index >= 15 is 0 Å². The van der Waals surface area contributed by atoms with Gasteiger partial charge in [-0.3, -0.25) is 4.79 Å². The second-order valence-corrected chi connectivity index (χ2v) is 8.71. The molecule has 1 saturated carbocycles. The Morgan fingerprint density at radius 1 is 1.33 bits per heavy atom. The number of hydrogen-bond donors (Lipinski definition) is 1. The Morgan fingerprint density at radius 2 is 2.08 bits per heavy atom. The van der Waals surface area contributed by atoms with Crippen LogP contribution < -0.4 is 5.32 Å². The monoisotopic (exact) mass is 364 g/mol. The third kappa shape index (κ3) is 3.68. The summed E-state index contributed by atoms with van der Waals surface area (Å²) >= 11 is 1.57. The number of carbonyl (C=O) groups excluding carboxylic acids is 1. The molecule has 2 aromatic rings. The van der Waals surface area contributed by atoms with Gasteiger partial charge in [0.25, 0.3) is 0 Å². The number of thiophene rings is 1. The molecule has 1 heterocycles. The Hall–Kier alpha value is -1.70. The molecule has 1 aromatic heterocycles. The first-order chi connectivity index (χ1) is 11.4. The Kier molecular flexibility index (Phi) is 4.76. The Balaban J connectivity index is 1.91. The van der Waals surface area contributed by atoms with Crippen molar-refractivity contribution in [3.05, 3.63) is 46.2 Å². The summed E-state index contributed by atoms with van der Waals surface area (Å²) in [5.41, 5.74) is 2.26. The minimum Gasteiger partial charge on any atom is -0.326 e. The van der Waals surface area contributed by atoms with Crippen molar-refractivity contribution in [1.29, 1.82) is 0 Å². The SMILES string of the molecule is CC(=O)Nc1ccc(S(=O)(=O)N(Cc2ccsc2)C2CC2)c(C)c1. The van der Waals surface area contributed by atoms with E-state index in [1.54, 1.807) is 40.8 Å². The van der Waals surface area contributed by atoms with E-state index in [2.05, 4.69) is 5.32 Å². The van der Waals surface area contributed by atoms with Crippen LogP contribution in [0.25, 0.3) is 0 Å². The van der Waals surface area contributed by atoms with Crippen LogP contribution in [-0.4, -0.2) is 24.7 Å². The summed E-state index contributed by atoms with van der Waals surface area (Å²) < 4.78 is 27.9. The number of rotatable bonds is 6. The van der Waals surface area contributed by atoms with Gasteiger partial charge in [-0.25, -0.2) is 8.42 Å². The van der Waals surface area contributed by atoms with Crippen LogP contribution in [-0.2, 0) is 21.4 Å². The van der Waals surface area contributed by atoms with Crippen molar-refractivity contribution in [2.75, 3.05) is 5.32 Å². The van der Waals surface area contributed by atoms with Crippen molar-refractivity contribution in [1.82, 2.24) is 4.31 Å². The zero-order valence-electron chi connectivity index (χ0n) is 13.7. The molecule has 1 N–H and O–H groups in total. The van der Waals surface area contributed by atoms with Crippen LogP contribution in [0.2, 0.25) is 0 Å². The Labute approximate surface area is 146 Å². The first kappa shape index (κ1) is 17.1. The molecule has 1 aliphatic rings. The zero-order chi connectivity index (χ0) is 17.3. The quantitative estimate of drug-likeness (QED) is 0.854. The largest absolute Gasteiger partial charge is 0.326 e. The van der Waals surface area contributed by atoms with Gasteiger partial charge in [-0.1, -0.05) is 0 Å². The molecule has 0 unspecified atom stereocenters. The second-order valence-electron chi connectivity index (χ2n) is 6.07. The molecule has 128 valence electrons. The van der Waals surface area contributed by atoms with Crippen LogP contribution in [0, 0.1) is 6.92 Å². The summed E-state index contributed by atoms with van der Waals surface area (Å²) in [6, 6.07) is 6.96. The molecule has 0 atom stereocenters. The number of benzene rings is 1. The Morgan fingerprint density at radius 3 is 2.62 bits per heavy atom. The minimum atomic E-state index is -3.56. The van der Waals surface area contributed by atoms with Gasteiger partial charge in [-0.2, -0.15) is 15.6 Å². The fourth-order valence-corrected chi connectivity index (χ4v) is 5.22. The van der Waals surface area contributed by atoms with Crippen molar-refractivity contribution in [2.24, 2.45) is 0 Å². The van der Waals surface area contributed by atoms with Gasteiger partial charge in [0, 0.05) is 25.2 Å². The van der Waals surface area contributed by atoms with E-state index in [0.29, 0.717) is 22.7 Å². The van der Waals surface area contributed by atoms with Gasteiger partial charge >= 0.3 is 0 Å². The first-order valence-corrected chi connectivity index (χ1v) is 10.2. The highest BCUT2D eigenvalue weighted by atomic mass is 32.2. The molecule has 3 rings (SSSR count). The standard InChI is InChI=1S/C17H20N2O3S2/c1-12-9-15(18-13(2)20)3-6-17(12)24(21,22)19(16-4-5-16)10-14-7-8-23-11-14/h3,6-9,11,16H,4-5,10H2,1-2H3,(H,18,20). The molecule has 1 aliphatic carbocycles. The lowest BCUT2D eigenvalue weighted by molar-refractivity contribution is -0.114. The molecule has 0 spiro atoms. The lowest BCUT2D eigenvalue weighted by Gasteiger charge is -2.23. The molecule has 0 aliphatic heterocycles. The molecular formula is C17H20N2O3S2. The van der Waals surface area contributed by atoms with Crippen molar-refractivity contribution in [3.8, 4) is 0 Å². The molecule has 0 radical (unpaired) electrons. The normalized spacial score (nSPS) is 14.8. The minimum absolute atomic E-state index is 0.0873. The number of carbonyl (C=O) groups is 1. The Bertz CT molecular complexity index is 841. The molecule has 24 heavy (non-hydrogen) atoms. The molecule has 7 heteroatoms. The van der Waals surface area contributed by atoms with E-state index < -0.39 is 10.0 Å². The van der Waals surface area contributed by atoms with Crippen LogP contribution >= 0.6 is 11.3 Å². The summed E-state index contributed by atoms with van der Waals surface area (Å²) in [6.07, 6.45) is 1.82. The molecule has 0 bridgehead atoms. The number of sulfonamides is 1. The lowest BCUT2D eigenvalue weighted by Crippen LogP contribution is -2.33. The fourth-order valence-electron chi connectivity index (χ4n) is 2.68. The van der Waals surface area contributed by atoms with Gasteiger partial charge in [0.05, 0.1) is 4.90 Å². The maximum Gasteiger partial charge on any atom is 0.243 e. The van der Waals surface area contributed by atoms with Crippen LogP contribution in [0.1, 0.15) is 30.9 Å². The van der Waals surface area contributed by atoms with E-state index in [0.717, 1.165) is 18.4 Å². The van der Waals surface area contributed by atoms with E-state index in [4.69, 9.17) is 0 Å². The maximum atomic E-state index is 13.1. The average molecular weight is 364 g/mol. The molecule has 1 amide bonds. The molecule has 0 saturated heterocycles. The van der Waals surface area contributed by atoms with Crippen LogP contribution in [0.3, 0.4) is 0 Å². The van der Waals surface area contributed by atoms with Crippen molar-refractivity contribution in [2.45, 2.75) is 44.2 Å². The predicted molar refractivity (Wildman–Crippen MR) is 95.6 cm³/mol. The summed E-state index contributed by atoms with van der Waals surface area (Å²) in [4.78, 5) is 11.5. The van der Waals surface area contributed by atoms with Gasteiger partial charge in [0.15, 0.2) is 0 Å². The topological polar surface area (TPSA) is 66.5 Å². The zero-order valence-corrected chi connectivity index (χ0v) is 15.3. The molecule has 1 fully saturated rings. The summed E-state index contributed by atoms with van der Waals surface area (Å²) in [7, 11) is -3.56. The highest BCUT2D eigenvalue weighted by Crippen LogP contribution is 2.35. The number of hydrogen-bond acceptors (Lipinski definition) is 4. The molecular weight excluding hydrogens is 344 g/mol. The third-order valence-corrected chi connectivity index (χ3v) is 6.75. The van der Waals surface area contributed by atoms with Gasteiger partial charge in [0.2, 0.25) is 15.9 Å². The van der Waals surface area contributed by atoms with E-state index in [-0.39, 0.29) is 11.9 Å². The fraction of sp³-hybridized carbons (Fsp3) is 0.353. The number of amides is 1. The first-order valence-electron chi connectivity index (χ1n) is 7.79. The predicted octanol–water partition coefficient (Wildman–Crippen LogP) is 3.37. The average Bonchev–Trinajstić information content (AvgIpc) is 3.19. The van der Waals surface area contributed by atoms with Gasteiger partial charge < -0.3 is 5.32 Å². The lowest BCUT2D eigenvalue weighted by atomic mass is 10.2. The number of anilines is 1. The highest BCUT2D eigenvalue weighted by Gasteiger charge is 2.38. The maximum absolute atomic E-state index is 13.1. The number of nitrogens with zero attached hydrogens (tertiary/aromatic N) is 1. The van der Waals surface area contributed by atoms with Gasteiger partial charge in [-0.15, -0.1) is 0 Å². The molecule has 5 nitrogen and oxygen atoms in total. The van der Waals surface area contributed by atoms with Crippen molar-refractivity contribution in [3.63, 3.8) is 0 Å². The van der Waals surface area contributed by atoms with E-state index in [1.807, 2.05) is 16.8 Å². The van der Waals surface area contributed by atoms with E-state index in [1.165, 1.54) is 6.92 Å². The number of nitrogens with one attached hydrogen (secondary N) is 1. The second kappa shape index (κ2) is 6.66. The van der Waals surface area contributed by atoms with Crippen molar-refractivity contribution < 1.29 is 13.2 Å². The van der Waals surface area contributed by atoms with Crippen LogP contribution in [0.4, 0.5) is 5.69 Å². The summed E-state index contributed by atoms with van der Waals surface area (Å²) in [5, 5.41) is 6.62. The van der Waals surface area contributed by atoms with Gasteiger partial charge in [-0.05, 0) is 65.9 Å². The van der Waals surface area contributed by atoms with E-state index in [9.17, 15) is 13.2 Å². The van der Waals surface area contributed by atoms with Gasteiger partial charge in [0.1, 0.15) is 0 Å². The summed E-state index contributed by atoms with van der Waals surface area (Å²) in [5.74, 6) is -0.179. The third-order valence-electron chi connectivity index (χ3n) is 3.95. The number of aryl methyl sites for hydroxylation is 1. The summed E-state index contributed by atoms with van der Waals surface area (Å²) in [6.45, 7) is 3.59.